The van der Waals surface area contributed by atoms with E-state index in [1.54, 1.807) is 0 Å². The normalized spacial score (nSPS) is 21.2. The minimum atomic E-state index is 0.315. The molecule has 78 valence electrons. The van der Waals surface area contributed by atoms with E-state index in [9.17, 15) is 0 Å². The molecule has 0 aromatic carbocycles. The summed E-state index contributed by atoms with van der Waals surface area (Å²) in [5.41, 5.74) is 0. The quantitative estimate of drug-likeness (QED) is 0.622. The molecule has 1 N–H and O–H groups in total. The van der Waals surface area contributed by atoms with Crippen molar-refractivity contribution in [2.75, 3.05) is 33.3 Å². The Labute approximate surface area is 94.6 Å². The summed E-state index contributed by atoms with van der Waals surface area (Å²) in [7, 11) is 2.17. The van der Waals surface area contributed by atoms with Crippen molar-refractivity contribution in [3.63, 3.8) is 0 Å². The third-order valence-electron chi connectivity index (χ3n) is 2.70. The van der Waals surface area contributed by atoms with Gasteiger partial charge >= 0.3 is 0 Å². The van der Waals surface area contributed by atoms with Crippen molar-refractivity contribution in [2.45, 2.75) is 25.3 Å². The van der Waals surface area contributed by atoms with E-state index in [2.05, 4.69) is 37.9 Å². The Bertz CT molecular complexity index is 138. The molecule has 1 aliphatic rings. The fourth-order valence-electron chi connectivity index (χ4n) is 1.78. The van der Waals surface area contributed by atoms with Gasteiger partial charge < -0.3 is 10.0 Å². The van der Waals surface area contributed by atoms with Gasteiger partial charge in [-0.05, 0) is 26.3 Å². The molecule has 0 radical (unpaired) electrons. The van der Waals surface area contributed by atoms with Crippen LogP contribution in [-0.2, 0) is 0 Å². The van der Waals surface area contributed by atoms with Crippen LogP contribution >= 0.6 is 22.9 Å². The highest BCUT2D eigenvalue weighted by atomic mass is 127. The lowest BCUT2D eigenvalue weighted by Gasteiger charge is -2.34. The summed E-state index contributed by atoms with van der Waals surface area (Å²) in [6, 6.07) is 0.734. The van der Waals surface area contributed by atoms with Gasteiger partial charge in [-0.1, -0.05) is 0 Å². The Kier molecular flexibility index (Phi) is 5.54. The van der Waals surface area contributed by atoms with Gasteiger partial charge in [-0.2, -0.15) is 0 Å². The van der Waals surface area contributed by atoms with Crippen LogP contribution in [0.1, 0.15) is 19.3 Å². The number of halogens is 1. The molecular formula is C9H19IN2O. The Hall–Kier alpha value is 0.610. The molecule has 0 aromatic heterocycles. The molecule has 1 fully saturated rings. The predicted molar refractivity (Wildman–Crippen MR) is 62.9 cm³/mol. The van der Waals surface area contributed by atoms with Crippen LogP contribution in [0.5, 0.6) is 0 Å². The second kappa shape index (κ2) is 6.16. The largest absolute Gasteiger partial charge is 0.396 e. The van der Waals surface area contributed by atoms with Gasteiger partial charge in [0.1, 0.15) is 0 Å². The van der Waals surface area contributed by atoms with Gasteiger partial charge in [0.15, 0.2) is 0 Å². The molecular weight excluding hydrogens is 279 g/mol. The van der Waals surface area contributed by atoms with Gasteiger partial charge in [0, 0.05) is 55.1 Å². The van der Waals surface area contributed by atoms with Crippen LogP contribution in [0.25, 0.3) is 0 Å². The first-order valence-corrected chi connectivity index (χ1v) is 5.92. The maximum atomic E-state index is 8.72. The molecule has 0 aromatic rings. The monoisotopic (exact) mass is 298 g/mol. The summed E-state index contributed by atoms with van der Waals surface area (Å²) in [5.74, 6) is 0. The van der Waals surface area contributed by atoms with Crippen molar-refractivity contribution in [3.05, 3.63) is 0 Å². The van der Waals surface area contributed by atoms with Crippen LogP contribution < -0.4 is 0 Å². The van der Waals surface area contributed by atoms with Crippen molar-refractivity contribution >= 4 is 22.9 Å². The van der Waals surface area contributed by atoms with Gasteiger partial charge in [0.2, 0.25) is 0 Å². The fraction of sp³-hybridized carbons (Fsp3) is 1.00. The van der Waals surface area contributed by atoms with Gasteiger partial charge in [0.05, 0.1) is 0 Å². The van der Waals surface area contributed by atoms with Crippen molar-refractivity contribution in [3.8, 4) is 0 Å². The highest BCUT2D eigenvalue weighted by Crippen LogP contribution is 2.17. The topological polar surface area (TPSA) is 26.7 Å². The number of hydrogen-bond donors (Lipinski definition) is 1. The maximum Gasteiger partial charge on any atom is 0.0443 e. The highest BCUT2D eigenvalue weighted by molar-refractivity contribution is 14.1. The summed E-state index contributed by atoms with van der Waals surface area (Å²) in [6.45, 7) is 3.75. The summed E-state index contributed by atoms with van der Waals surface area (Å²) in [4.78, 5) is 2.39. The Morgan fingerprint density at radius 3 is 2.62 bits per heavy atom. The minimum absolute atomic E-state index is 0.315. The molecule has 3 nitrogen and oxygen atoms in total. The second-order valence-electron chi connectivity index (χ2n) is 3.70. The van der Waals surface area contributed by atoms with E-state index >= 15 is 0 Å². The van der Waals surface area contributed by atoms with E-state index in [0.29, 0.717) is 6.61 Å². The zero-order valence-electron chi connectivity index (χ0n) is 8.25. The van der Waals surface area contributed by atoms with Crippen LogP contribution in [0.4, 0.5) is 0 Å². The Balaban J connectivity index is 2.19. The van der Waals surface area contributed by atoms with E-state index in [1.165, 1.54) is 25.9 Å². The highest BCUT2D eigenvalue weighted by Gasteiger charge is 2.20. The van der Waals surface area contributed by atoms with Crippen LogP contribution in [0.2, 0.25) is 0 Å². The standard InChI is InChI=1S/C9H19IN2O/c1-11(5-2-8-13)9-3-6-12(10)7-4-9/h9,13H,2-8H2,1H3. The first kappa shape index (κ1) is 11.7. The molecule has 1 aliphatic heterocycles. The predicted octanol–water partition coefficient (Wildman–Crippen LogP) is 1.11. The van der Waals surface area contributed by atoms with Gasteiger partial charge in [-0.25, -0.2) is 3.11 Å². The van der Waals surface area contributed by atoms with E-state index in [1.807, 2.05) is 0 Å². The lowest BCUT2D eigenvalue weighted by molar-refractivity contribution is 0.163. The maximum absolute atomic E-state index is 8.72. The van der Waals surface area contributed by atoms with Crippen LogP contribution in [0.3, 0.4) is 0 Å². The minimum Gasteiger partial charge on any atom is -0.396 e. The molecule has 0 spiro atoms. The average molecular weight is 298 g/mol. The van der Waals surface area contributed by atoms with Crippen LogP contribution in [0, 0.1) is 0 Å². The summed E-state index contributed by atoms with van der Waals surface area (Å²) >= 11 is 2.39. The molecule has 0 bridgehead atoms. The van der Waals surface area contributed by atoms with Crippen molar-refractivity contribution in [1.82, 2.24) is 8.01 Å². The molecule has 4 heteroatoms. The first-order valence-electron chi connectivity index (χ1n) is 4.96. The molecule has 1 saturated heterocycles. The molecule has 1 rings (SSSR count). The van der Waals surface area contributed by atoms with E-state index in [4.69, 9.17) is 5.11 Å². The smallest absolute Gasteiger partial charge is 0.0443 e. The number of hydrogen-bond acceptors (Lipinski definition) is 3. The number of aliphatic hydroxyl groups is 1. The summed E-state index contributed by atoms with van der Waals surface area (Å²) in [6.07, 6.45) is 3.44. The molecule has 0 atom stereocenters. The van der Waals surface area contributed by atoms with Crippen LogP contribution in [-0.4, -0.2) is 52.5 Å². The first-order chi connectivity index (χ1) is 6.24. The SMILES string of the molecule is CN(CCCO)C1CCN(I)CC1. The van der Waals surface area contributed by atoms with E-state index in [0.717, 1.165) is 19.0 Å². The number of aliphatic hydroxyl groups excluding tert-OH is 1. The molecule has 0 amide bonds. The van der Waals surface area contributed by atoms with E-state index < -0.39 is 0 Å². The molecule has 0 saturated carbocycles. The molecule has 13 heavy (non-hydrogen) atoms. The Morgan fingerprint density at radius 2 is 2.08 bits per heavy atom. The second-order valence-corrected chi connectivity index (χ2v) is 5.06. The van der Waals surface area contributed by atoms with Gasteiger partial charge in [-0.15, -0.1) is 0 Å². The molecule has 0 aliphatic carbocycles. The zero-order chi connectivity index (χ0) is 9.68. The summed E-state index contributed by atoms with van der Waals surface area (Å²) in [5, 5.41) is 8.72. The van der Waals surface area contributed by atoms with E-state index in [-0.39, 0.29) is 0 Å². The Morgan fingerprint density at radius 1 is 1.46 bits per heavy atom. The summed E-state index contributed by atoms with van der Waals surface area (Å²) < 4.78 is 2.36. The lowest BCUT2D eigenvalue weighted by atomic mass is 10.1. The average Bonchev–Trinajstić information content (AvgIpc) is 2.15. The zero-order valence-corrected chi connectivity index (χ0v) is 10.4. The molecule has 1 heterocycles. The van der Waals surface area contributed by atoms with Crippen molar-refractivity contribution < 1.29 is 5.11 Å². The number of rotatable bonds is 4. The number of nitrogens with zero attached hydrogens (tertiary/aromatic N) is 2. The van der Waals surface area contributed by atoms with Crippen LogP contribution in [0.15, 0.2) is 0 Å². The third kappa shape index (κ3) is 4.10. The van der Waals surface area contributed by atoms with Crippen molar-refractivity contribution in [2.24, 2.45) is 0 Å². The third-order valence-corrected chi connectivity index (χ3v) is 3.67. The molecule has 0 unspecified atom stereocenters. The number of piperidine rings is 1. The lowest BCUT2D eigenvalue weighted by Crippen LogP contribution is -2.40. The van der Waals surface area contributed by atoms with Crippen molar-refractivity contribution in [1.29, 1.82) is 0 Å². The van der Waals surface area contributed by atoms with Gasteiger partial charge in [-0.3, -0.25) is 0 Å². The van der Waals surface area contributed by atoms with Gasteiger partial charge in [0.25, 0.3) is 0 Å². The fourth-order valence-corrected chi connectivity index (χ4v) is 2.33.